The third-order valence-corrected chi connectivity index (χ3v) is 5.69. The van der Waals surface area contributed by atoms with Gasteiger partial charge in [0.25, 0.3) is 0 Å². The SMILES string of the molecule is CCOc1cc(CNc2ccc3c(c2)OCCO3)c(Br)cc1OCc1ccc(C)cc1. The van der Waals surface area contributed by atoms with Gasteiger partial charge >= 0.3 is 0 Å². The molecule has 0 bridgehead atoms. The Kier molecular flexibility index (Phi) is 6.87. The largest absolute Gasteiger partial charge is 0.490 e. The van der Waals surface area contributed by atoms with Gasteiger partial charge < -0.3 is 24.3 Å². The van der Waals surface area contributed by atoms with E-state index >= 15 is 0 Å². The van der Waals surface area contributed by atoms with Crippen LogP contribution in [0.5, 0.6) is 23.0 Å². The van der Waals surface area contributed by atoms with E-state index in [4.69, 9.17) is 18.9 Å². The topological polar surface area (TPSA) is 49.0 Å². The van der Waals surface area contributed by atoms with Crippen molar-refractivity contribution in [2.45, 2.75) is 27.0 Å². The average molecular weight is 484 g/mol. The van der Waals surface area contributed by atoms with Gasteiger partial charge in [-0.05, 0) is 49.2 Å². The van der Waals surface area contributed by atoms with Crippen molar-refractivity contribution in [2.75, 3.05) is 25.1 Å². The molecule has 0 fully saturated rings. The van der Waals surface area contributed by atoms with Crippen LogP contribution in [0.25, 0.3) is 0 Å². The van der Waals surface area contributed by atoms with Crippen LogP contribution in [0, 0.1) is 6.92 Å². The molecule has 0 aromatic heterocycles. The van der Waals surface area contributed by atoms with Crippen molar-refractivity contribution in [1.29, 1.82) is 0 Å². The first-order valence-electron chi connectivity index (χ1n) is 10.4. The third kappa shape index (κ3) is 5.44. The van der Waals surface area contributed by atoms with Crippen LogP contribution in [0.2, 0.25) is 0 Å². The minimum Gasteiger partial charge on any atom is -0.490 e. The summed E-state index contributed by atoms with van der Waals surface area (Å²) in [6.07, 6.45) is 0. The fraction of sp³-hybridized carbons (Fsp3) is 0.280. The summed E-state index contributed by atoms with van der Waals surface area (Å²) in [5.74, 6) is 3.01. The highest BCUT2D eigenvalue weighted by Crippen LogP contribution is 2.36. The Morgan fingerprint density at radius 2 is 1.65 bits per heavy atom. The van der Waals surface area contributed by atoms with Crippen molar-refractivity contribution in [3.05, 3.63) is 75.8 Å². The molecule has 0 spiro atoms. The Balaban J connectivity index is 1.46. The van der Waals surface area contributed by atoms with Gasteiger partial charge in [-0.1, -0.05) is 45.8 Å². The minimum absolute atomic E-state index is 0.488. The second kappa shape index (κ2) is 9.96. The molecule has 162 valence electrons. The van der Waals surface area contributed by atoms with Crippen LogP contribution in [0.3, 0.4) is 0 Å². The van der Waals surface area contributed by atoms with Crippen molar-refractivity contribution in [3.8, 4) is 23.0 Å². The van der Waals surface area contributed by atoms with Gasteiger partial charge in [0.1, 0.15) is 19.8 Å². The van der Waals surface area contributed by atoms with Crippen LogP contribution in [-0.4, -0.2) is 19.8 Å². The first-order chi connectivity index (χ1) is 15.1. The van der Waals surface area contributed by atoms with Crippen LogP contribution >= 0.6 is 15.9 Å². The molecule has 1 N–H and O–H groups in total. The Morgan fingerprint density at radius 1 is 0.903 bits per heavy atom. The molecule has 1 aliphatic heterocycles. The Hall–Kier alpha value is -2.86. The van der Waals surface area contributed by atoms with Gasteiger partial charge in [0.2, 0.25) is 0 Å². The number of fused-ring (bicyclic) bond motifs is 1. The number of nitrogens with one attached hydrogen (secondary N) is 1. The van der Waals surface area contributed by atoms with Crippen LogP contribution in [-0.2, 0) is 13.2 Å². The molecule has 0 amide bonds. The van der Waals surface area contributed by atoms with Gasteiger partial charge in [-0.25, -0.2) is 0 Å². The summed E-state index contributed by atoms with van der Waals surface area (Å²) in [7, 11) is 0. The maximum atomic E-state index is 6.07. The highest BCUT2D eigenvalue weighted by atomic mass is 79.9. The Bertz CT molecular complexity index is 1040. The van der Waals surface area contributed by atoms with Gasteiger partial charge in [0, 0.05) is 22.8 Å². The molecule has 0 saturated heterocycles. The zero-order valence-corrected chi connectivity index (χ0v) is 19.3. The zero-order valence-electron chi connectivity index (χ0n) is 17.7. The van der Waals surface area contributed by atoms with E-state index in [1.807, 2.05) is 37.3 Å². The molecule has 31 heavy (non-hydrogen) atoms. The van der Waals surface area contributed by atoms with Crippen molar-refractivity contribution in [3.63, 3.8) is 0 Å². The van der Waals surface area contributed by atoms with E-state index in [9.17, 15) is 0 Å². The highest BCUT2D eigenvalue weighted by Gasteiger charge is 2.14. The second-order valence-electron chi connectivity index (χ2n) is 7.31. The summed E-state index contributed by atoms with van der Waals surface area (Å²) in [4.78, 5) is 0. The molecule has 6 heteroatoms. The molecule has 0 unspecified atom stereocenters. The van der Waals surface area contributed by atoms with Gasteiger partial charge in [0.15, 0.2) is 23.0 Å². The lowest BCUT2D eigenvalue weighted by molar-refractivity contribution is 0.171. The quantitative estimate of drug-likeness (QED) is 0.418. The molecule has 0 radical (unpaired) electrons. The molecular formula is C25H26BrNO4. The van der Waals surface area contributed by atoms with E-state index in [1.54, 1.807) is 0 Å². The van der Waals surface area contributed by atoms with Crippen LogP contribution in [0.4, 0.5) is 5.69 Å². The zero-order chi connectivity index (χ0) is 21.6. The van der Waals surface area contributed by atoms with Crippen molar-refractivity contribution in [1.82, 2.24) is 0 Å². The van der Waals surface area contributed by atoms with E-state index in [2.05, 4.69) is 52.4 Å². The molecule has 4 rings (SSSR count). The minimum atomic E-state index is 0.488. The van der Waals surface area contributed by atoms with Crippen molar-refractivity contribution >= 4 is 21.6 Å². The standard InChI is InChI=1S/C25H26BrNO4/c1-3-28-23-12-19(15-27-20-8-9-22-24(13-20)30-11-10-29-22)21(26)14-25(23)31-16-18-6-4-17(2)5-7-18/h4-9,12-14,27H,3,10-11,15-16H2,1-2H3. The summed E-state index contributed by atoms with van der Waals surface area (Å²) < 4.78 is 24.1. The first-order valence-corrected chi connectivity index (χ1v) is 11.2. The van der Waals surface area contributed by atoms with Crippen LogP contribution in [0.15, 0.2) is 59.1 Å². The smallest absolute Gasteiger partial charge is 0.163 e. The van der Waals surface area contributed by atoms with Gasteiger partial charge in [-0.3, -0.25) is 0 Å². The lowest BCUT2D eigenvalue weighted by Crippen LogP contribution is -2.15. The van der Waals surface area contributed by atoms with Gasteiger partial charge in [-0.2, -0.15) is 0 Å². The normalized spacial score (nSPS) is 12.4. The van der Waals surface area contributed by atoms with Crippen LogP contribution in [0.1, 0.15) is 23.6 Å². The van der Waals surface area contributed by atoms with Crippen molar-refractivity contribution < 1.29 is 18.9 Å². The van der Waals surface area contributed by atoms with E-state index in [-0.39, 0.29) is 0 Å². The number of aryl methyl sites for hydroxylation is 1. The fourth-order valence-electron chi connectivity index (χ4n) is 3.29. The number of halogens is 1. The summed E-state index contributed by atoms with van der Waals surface area (Å²) in [6.45, 7) is 6.89. The van der Waals surface area contributed by atoms with Crippen LogP contribution < -0.4 is 24.3 Å². The van der Waals surface area contributed by atoms with E-state index in [0.29, 0.717) is 33.0 Å². The molecule has 5 nitrogen and oxygen atoms in total. The molecular weight excluding hydrogens is 458 g/mol. The highest BCUT2D eigenvalue weighted by molar-refractivity contribution is 9.10. The van der Waals surface area contributed by atoms with E-state index in [1.165, 1.54) is 5.56 Å². The van der Waals surface area contributed by atoms with Gasteiger partial charge in [0.05, 0.1) is 6.61 Å². The Labute approximate surface area is 191 Å². The lowest BCUT2D eigenvalue weighted by atomic mass is 10.1. The number of hydrogen-bond donors (Lipinski definition) is 1. The lowest BCUT2D eigenvalue weighted by Gasteiger charge is -2.19. The number of ether oxygens (including phenoxy) is 4. The number of anilines is 1. The molecule has 0 atom stereocenters. The maximum Gasteiger partial charge on any atom is 0.163 e. The summed E-state index contributed by atoms with van der Waals surface area (Å²) >= 11 is 3.68. The molecule has 3 aromatic carbocycles. The number of rotatable bonds is 8. The summed E-state index contributed by atoms with van der Waals surface area (Å²) in [6, 6.07) is 18.2. The van der Waals surface area contributed by atoms with Crippen molar-refractivity contribution in [2.24, 2.45) is 0 Å². The molecule has 0 saturated carbocycles. The Morgan fingerprint density at radius 3 is 2.42 bits per heavy atom. The number of hydrogen-bond acceptors (Lipinski definition) is 5. The number of benzene rings is 3. The first kappa shape index (κ1) is 21.4. The fourth-order valence-corrected chi connectivity index (χ4v) is 3.75. The second-order valence-corrected chi connectivity index (χ2v) is 8.16. The van der Waals surface area contributed by atoms with E-state index < -0.39 is 0 Å². The molecule has 1 aliphatic rings. The predicted octanol–water partition coefficient (Wildman–Crippen LogP) is 6.12. The average Bonchev–Trinajstić information content (AvgIpc) is 2.79. The predicted molar refractivity (Wildman–Crippen MR) is 126 cm³/mol. The molecule has 0 aliphatic carbocycles. The molecule has 3 aromatic rings. The summed E-state index contributed by atoms with van der Waals surface area (Å²) in [5.41, 5.74) is 4.39. The van der Waals surface area contributed by atoms with E-state index in [0.717, 1.165) is 44.3 Å². The third-order valence-electron chi connectivity index (χ3n) is 4.95. The maximum absolute atomic E-state index is 6.07. The monoisotopic (exact) mass is 483 g/mol. The summed E-state index contributed by atoms with van der Waals surface area (Å²) in [5, 5.41) is 3.44. The molecule has 1 heterocycles. The van der Waals surface area contributed by atoms with Gasteiger partial charge in [-0.15, -0.1) is 0 Å².